The molecule has 0 unspecified atom stereocenters. The Morgan fingerprint density at radius 2 is 1.88 bits per heavy atom. The van der Waals surface area contributed by atoms with Gasteiger partial charge in [-0.15, -0.1) is 0 Å². The van der Waals surface area contributed by atoms with Crippen LogP contribution < -0.4 is 0 Å². The zero-order valence-electron chi connectivity index (χ0n) is 10.2. The standard InChI is InChI=1S/C14H19NO2/c1-2-15(13-7-8-13)10-12-5-3-11(4-6-12)9-14(16)17/h3-6,13H,2,7-10H2,1H3,(H,16,17). The summed E-state index contributed by atoms with van der Waals surface area (Å²) in [6.07, 6.45) is 2.76. The van der Waals surface area contributed by atoms with Gasteiger partial charge in [0.25, 0.3) is 0 Å². The zero-order chi connectivity index (χ0) is 12.3. The number of hydrogen-bond donors (Lipinski definition) is 1. The smallest absolute Gasteiger partial charge is 0.307 e. The molecule has 1 aliphatic carbocycles. The fraction of sp³-hybridized carbons (Fsp3) is 0.500. The van der Waals surface area contributed by atoms with Gasteiger partial charge in [-0.25, -0.2) is 0 Å². The lowest BCUT2D eigenvalue weighted by Crippen LogP contribution is -2.24. The van der Waals surface area contributed by atoms with E-state index in [1.165, 1.54) is 18.4 Å². The van der Waals surface area contributed by atoms with Crippen molar-refractivity contribution in [3.63, 3.8) is 0 Å². The first-order chi connectivity index (χ1) is 8.19. The van der Waals surface area contributed by atoms with Crippen molar-refractivity contribution in [3.8, 4) is 0 Å². The van der Waals surface area contributed by atoms with Gasteiger partial charge in [-0.05, 0) is 30.5 Å². The van der Waals surface area contributed by atoms with Crippen molar-refractivity contribution >= 4 is 5.97 Å². The highest BCUT2D eigenvalue weighted by molar-refractivity contribution is 5.70. The molecule has 0 spiro atoms. The quantitative estimate of drug-likeness (QED) is 0.819. The minimum absolute atomic E-state index is 0.112. The van der Waals surface area contributed by atoms with Crippen molar-refractivity contribution in [3.05, 3.63) is 35.4 Å². The highest BCUT2D eigenvalue weighted by atomic mass is 16.4. The summed E-state index contributed by atoms with van der Waals surface area (Å²) in [5.74, 6) is -0.772. The molecule has 92 valence electrons. The van der Waals surface area contributed by atoms with Gasteiger partial charge in [0.1, 0.15) is 0 Å². The molecule has 1 aromatic rings. The molecule has 0 radical (unpaired) electrons. The first kappa shape index (κ1) is 12.1. The molecule has 3 heteroatoms. The Balaban J connectivity index is 1.94. The Hall–Kier alpha value is -1.35. The van der Waals surface area contributed by atoms with Crippen LogP contribution in [-0.4, -0.2) is 28.6 Å². The molecule has 0 bridgehead atoms. The molecule has 3 nitrogen and oxygen atoms in total. The second-order valence-corrected chi connectivity index (χ2v) is 4.68. The van der Waals surface area contributed by atoms with Crippen molar-refractivity contribution in [2.24, 2.45) is 0 Å². The molecular weight excluding hydrogens is 214 g/mol. The summed E-state index contributed by atoms with van der Waals surface area (Å²) < 4.78 is 0. The van der Waals surface area contributed by atoms with E-state index in [0.717, 1.165) is 24.7 Å². The number of carbonyl (C=O) groups is 1. The summed E-state index contributed by atoms with van der Waals surface area (Å²) in [5, 5.41) is 8.69. The summed E-state index contributed by atoms with van der Waals surface area (Å²) in [5.41, 5.74) is 2.14. The maximum atomic E-state index is 10.6. The number of benzene rings is 1. The van der Waals surface area contributed by atoms with Crippen LogP contribution in [0.3, 0.4) is 0 Å². The number of rotatable bonds is 6. The molecule has 0 aliphatic heterocycles. The summed E-state index contributed by atoms with van der Waals surface area (Å²) in [6.45, 7) is 4.26. The van der Waals surface area contributed by atoms with Crippen molar-refractivity contribution in [1.82, 2.24) is 4.90 Å². The summed E-state index contributed by atoms with van der Waals surface area (Å²) in [6, 6.07) is 8.71. The Bertz CT molecular complexity index is 382. The van der Waals surface area contributed by atoms with E-state index in [9.17, 15) is 4.79 Å². The van der Waals surface area contributed by atoms with Gasteiger partial charge >= 0.3 is 5.97 Å². The van der Waals surface area contributed by atoms with Gasteiger partial charge in [0.05, 0.1) is 6.42 Å². The van der Waals surface area contributed by atoms with Crippen LogP contribution >= 0.6 is 0 Å². The van der Waals surface area contributed by atoms with Gasteiger partial charge in [-0.1, -0.05) is 31.2 Å². The number of carboxylic acid groups (broad SMARTS) is 1. The van der Waals surface area contributed by atoms with E-state index < -0.39 is 5.97 Å². The van der Waals surface area contributed by atoms with E-state index in [4.69, 9.17) is 5.11 Å². The van der Waals surface area contributed by atoms with E-state index in [1.54, 1.807) is 0 Å². The van der Waals surface area contributed by atoms with Gasteiger partial charge in [-0.3, -0.25) is 9.69 Å². The van der Waals surface area contributed by atoms with E-state index in [-0.39, 0.29) is 6.42 Å². The zero-order valence-corrected chi connectivity index (χ0v) is 10.2. The molecule has 0 heterocycles. The molecule has 0 aromatic heterocycles. The predicted molar refractivity (Wildman–Crippen MR) is 66.9 cm³/mol. The van der Waals surface area contributed by atoms with Crippen LogP contribution in [-0.2, 0) is 17.8 Å². The Labute approximate surface area is 102 Å². The monoisotopic (exact) mass is 233 g/mol. The van der Waals surface area contributed by atoms with Crippen LogP contribution in [0.4, 0.5) is 0 Å². The molecule has 17 heavy (non-hydrogen) atoms. The maximum Gasteiger partial charge on any atom is 0.307 e. The van der Waals surface area contributed by atoms with Crippen LogP contribution in [0, 0.1) is 0 Å². The normalized spacial score (nSPS) is 15.2. The Kier molecular flexibility index (Phi) is 3.79. The first-order valence-corrected chi connectivity index (χ1v) is 6.22. The number of carboxylic acids is 1. The highest BCUT2D eigenvalue weighted by Gasteiger charge is 2.27. The number of hydrogen-bond acceptors (Lipinski definition) is 2. The lowest BCUT2D eigenvalue weighted by atomic mass is 10.1. The lowest BCUT2D eigenvalue weighted by molar-refractivity contribution is -0.136. The van der Waals surface area contributed by atoms with Crippen LogP contribution in [0.1, 0.15) is 30.9 Å². The molecule has 1 aliphatic rings. The molecule has 2 rings (SSSR count). The van der Waals surface area contributed by atoms with Crippen LogP contribution in [0.5, 0.6) is 0 Å². The average molecular weight is 233 g/mol. The molecule has 1 aromatic carbocycles. The number of aliphatic carboxylic acids is 1. The molecule has 0 atom stereocenters. The van der Waals surface area contributed by atoms with Crippen LogP contribution in [0.25, 0.3) is 0 Å². The lowest BCUT2D eigenvalue weighted by Gasteiger charge is -2.19. The van der Waals surface area contributed by atoms with Crippen molar-refractivity contribution < 1.29 is 9.90 Å². The Morgan fingerprint density at radius 1 is 1.29 bits per heavy atom. The second-order valence-electron chi connectivity index (χ2n) is 4.68. The van der Waals surface area contributed by atoms with Crippen molar-refractivity contribution in [2.75, 3.05) is 6.54 Å². The van der Waals surface area contributed by atoms with E-state index in [1.807, 2.05) is 24.3 Å². The summed E-state index contributed by atoms with van der Waals surface area (Å²) in [7, 11) is 0. The molecule has 1 saturated carbocycles. The Morgan fingerprint density at radius 3 is 2.35 bits per heavy atom. The van der Waals surface area contributed by atoms with E-state index in [0.29, 0.717) is 0 Å². The summed E-state index contributed by atoms with van der Waals surface area (Å²) >= 11 is 0. The number of nitrogens with zero attached hydrogens (tertiary/aromatic N) is 1. The fourth-order valence-electron chi connectivity index (χ4n) is 2.11. The third-order valence-electron chi connectivity index (χ3n) is 3.23. The average Bonchev–Trinajstić information content (AvgIpc) is 3.11. The minimum Gasteiger partial charge on any atom is -0.481 e. The molecule has 0 saturated heterocycles. The van der Waals surface area contributed by atoms with Gasteiger partial charge in [0.2, 0.25) is 0 Å². The van der Waals surface area contributed by atoms with Crippen LogP contribution in [0.15, 0.2) is 24.3 Å². The van der Waals surface area contributed by atoms with E-state index >= 15 is 0 Å². The topological polar surface area (TPSA) is 40.5 Å². The molecular formula is C14H19NO2. The first-order valence-electron chi connectivity index (χ1n) is 6.22. The summed E-state index contributed by atoms with van der Waals surface area (Å²) in [4.78, 5) is 13.0. The van der Waals surface area contributed by atoms with Crippen molar-refractivity contribution in [1.29, 1.82) is 0 Å². The van der Waals surface area contributed by atoms with Gasteiger partial charge < -0.3 is 5.11 Å². The fourth-order valence-corrected chi connectivity index (χ4v) is 2.11. The third kappa shape index (κ3) is 3.56. The molecule has 0 amide bonds. The largest absolute Gasteiger partial charge is 0.481 e. The van der Waals surface area contributed by atoms with Gasteiger partial charge in [0.15, 0.2) is 0 Å². The minimum atomic E-state index is -0.772. The van der Waals surface area contributed by atoms with Gasteiger partial charge in [-0.2, -0.15) is 0 Å². The third-order valence-corrected chi connectivity index (χ3v) is 3.23. The highest BCUT2D eigenvalue weighted by Crippen LogP contribution is 2.27. The van der Waals surface area contributed by atoms with Gasteiger partial charge in [0, 0.05) is 12.6 Å². The maximum absolute atomic E-state index is 10.6. The molecule has 1 fully saturated rings. The second kappa shape index (κ2) is 5.32. The van der Waals surface area contributed by atoms with Crippen molar-refractivity contribution in [2.45, 2.75) is 38.8 Å². The van der Waals surface area contributed by atoms with Crippen LogP contribution in [0.2, 0.25) is 0 Å². The van der Waals surface area contributed by atoms with E-state index in [2.05, 4.69) is 11.8 Å². The molecule has 1 N–H and O–H groups in total. The SMILES string of the molecule is CCN(Cc1ccc(CC(=O)O)cc1)C1CC1. The predicted octanol–water partition coefficient (Wildman–Crippen LogP) is 2.30.